The van der Waals surface area contributed by atoms with Crippen LogP contribution in [0.1, 0.15) is 42.1 Å². The summed E-state index contributed by atoms with van der Waals surface area (Å²) < 4.78 is 36.7. The second-order valence-corrected chi connectivity index (χ2v) is 10.0. The van der Waals surface area contributed by atoms with E-state index in [1.807, 2.05) is 38.2 Å². The molecule has 9 heteroatoms. The van der Waals surface area contributed by atoms with Gasteiger partial charge in [-0.25, -0.2) is 13.2 Å². The average Bonchev–Trinajstić information content (AvgIpc) is 3.29. The number of anilines is 2. The van der Waals surface area contributed by atoms with Gasteiger partial charge in [-0.05, 0) is 61.6 Å². The minimum Gasteiger partial charge on any atom is -0.465 e. The third-order valence-corrected chi connectivity index (χ3v) is 7.66. The lowest BCUT2D eigenvalue weighted by molar-refractivity contribution is 0.0600. The van der Waals surface area contributed by atoms with Gasteiger partial charge in [-0.1, -0.05) is 19.1 Å². The summed E-state index contributed by atoms with van der Waals surface area (Å²) in [5.41, 5.74) is 3.91. The van der Waals surface area contributed by atoms with Gasteiger partial charge in [-0.2, -0.15) is 5.10 Å². The second-order valence-electron chi connectivity index (χ2n) is 8.39. The minimum atomic E-state index is -3.98. The molecule has 0 radical (unpaired) electrons. The summed E-state index contributed by atoms with van der Waals surface area (Å²) in [5, 5.41) is 4.24. The van der Waals surface area contributed by atoms with Crippen LogP contribution in [-0.4, -0.2) is 44.4 Å². The first-order chi connectivity index (χ1) is 16.3. The number of hydrogen-bond acceptors (Lipinski definition) is 6. The maximum atomic E-state index is 13.6. The second kappa shape index (κ2) is 9.89. The molecule has 4 rings (SSSR count). The van der Waals surface area contributed by atoms with Gasteiger partial charge in [-0.15, -0.1) is 0 Å². The quantitative estimate of drug-likeness (QED) is 0.507. The molecule has 0 atom stereocenters. The van der Waals surface area contributed by atoms with E-state index in [9.17, 15) is 13.2 Å². The first-order valence-corrected chi connectivity index (χ1v) is 12.9. The predicted molar refractivity (Wildman–Crippen MR) is 133 cm³/mol. The molecule has 34 heavy (non-hydrogen) atoms. The number of sulfonamides is 1. The maximum absolute atomic E-state index is 13.6. The summed E-state index contributed by atoms with van der Waals surface area (Å²) in [7, 11) is -0.858. The van der Waals surface area contributed by atoms with Gasteiger partial charge < -0.3 is 9.64 Å². The number of carbonyl (C=O) groups is 1. The minimum absolute atomic E-state index is 0.0773. The van der Waals surface area contributed by atoms with E-state index in [4.69, 9.17) is 4.74 Å². The number of piperidine rings is 1. The van der Waals surface area contributed by atoms with Gasteiger partial charge in [0, 0.05) is 31.9 Å². The molecular weight excluding hydrogens is 452 g/mol. The molecule has 180 valence electrons. The van der Waals surface area contributed by atoms with Crippen molar-refractivity contribution < 1.29 is 17.9 Å². The molecular formula is C25H30N4O4S. The van der Waals surface area contributed by atoms with Gasteiger partial charge in [0.2, 0.25) is 0 Å². The van der Waals surface area contributed by atoms with Crippen molar-refractivity contribution in [3.63, 3.8) is 0 Å². The van der Waals surface area contributed by atoms with Gasteiger partial charge >= 0.3 is 5.97 Å². The Morgan fingerprint density at radius 1 is 1.09 bits per heavy atom. The van der Waals surface area contributed by atoms with Crippen LogP contribution in [0.15, 0.2) is 53.6 Å². The summed E-state index contributed by atoms with van der Waals surface area (Å²) in [6, 6.07) is 12.4. The molecule has 1 fully saturated rings. The Labute approximate surface area is 200 Å². The Bertz CT molecular complexity index is 1290. The highest BCUT2D eigenvalue weighted by molar-refractivity contribution is 7.92. The summed E-state index contributed by atoms with van der Waals surface area (Å²) >= 11 is 0. The molecule has 1 aromatic heterocycles. The molecule has 0 aliphatic carbocycles. The lowest BCUT2D eigenvalue weighted by Gasteiger charge is -2.31. The van der Waals surface area contributed by atoms with Crippen LogP contribution < -0.4 is 9.62 Å². The van der Waals surface area contributed by atoms with Gasteiger partial charge in [-0.3, -0.25) is 9.40 Å². The van der Waals surface area contributed by atoms with E-state index in [1.165, 1.54) is 19.6 Å². The Hall–Kier alpha value is -3.33. The summed E-state index contributed by atoms with van der Waals surface area (Å²) in [6.07, 6.45) is 5.52. The van der Waals surface area contributed by atoms with Crippen molar-refractivity contribution in [2.75, 3.05) is 29.8 Å². The van der Waals surface area contributed by atoms with Crippen LogP contribution in [-0.2, 0) is 28.2 Å². The lowest BCUT2D eigenvalue weighted by atomic mass is 10.1. The number of esters is 1. The topological polar surface area (TPSA) is 93.5 Å². The van der Waals surface area contributed by atoms with Crippen LogP contribution in [0, 0.1) is 0 Å². The highest BCUT2D eigenvalue weighted by atomic mass is 32.2. The Morgan fingerprint density at radius 3 is 2.50 bits per heavy atom. The molecule has 2 heterocycles. The largest absolute Gasteiger partial charge is 0.465 e. The third-order valence-electron chi connectivity index (χ3n) is 6.21. The number of aromatic nitrogens is 2. The molecule has 2 aromatic carbocycles. The van der Waals surface area contributed by atoms with Crippen LogP contribution in [0.3, 0.4) is 0 Å². The number of methoxy groups -OCH3 is 1. The van der Waals surface area contributed by atoms with E-state index >= 15 is 0 Å². The highest BCUT2D eigenvalue weighted by Gasteiger charge is 2.24. The molecule has 0 unspecified atom stereocenters. The van der Waals surface area contributed by atoms with Crippen LogP contribution in [0.4, 0.5) is 11.4 Å². The predicted octanol–water partition coefficient (Wildman–Crippen LogP) is 4.23. The van der Waals surface area contributed by atoms with Crippen LogP contribution >= 0.6 is 0 Å². The third kappa shape index (κ3) is 4.79. The SMILES string of the molecule is CCc1ccc(C(=O)OC)cc1S(=O)(=O)Nc1cc(-c2ccnn2C)ccc1N1CCCCC1. The van der Waals surface area contributed by atoms with Crippen molar-refractivity contribution in [3.05, 3.63) is 59.8 Å². The number of rotatable bonds is 7. The highest BCUT2D eigenvalue weighted by Crippen LogP contribution is 2.35. The molecule has 0 saturated carbocycles. The fourth-order valence-electron chi connectivity index (χ4n) is 4.39. The van der Waals surface area contributed by atoms with E-state index < -0.39 is 16.0 Å². The Morgan fingerprint density at radius 2 is 1.85 bits per heavy atom. The van der Waals surface area contributed by atoms with Crippen LogP contribution in [0.2, 0.25) is 0 Å². The normalized spacial score (nSPS) is 14.1. The molecule has 0 spiro atoms. The van der Waals surface area contributed by atoms with Gasteiger partial charge in [0.1, 0.15) is 0 Å². The zero-order valence-corrected chi connectivity index (χ0v) is 20.6. The van der Waals surface area contributed by atoms with Gasteiger partial charge in [0.15, 0.2) is 0 Å². The fourth-order valence-corrected chi connectivity index (χ4v) is 5.79. The first-order valence-electron chi connectivity index (χ1n) is 11.5. The number of carbonyl (C=O) groups excluding carboxylic acids is 1. The molecule has 8 nitrogen and oxygen atoms in total. The number of nitrogens with one attached hydrogen (secondary N) is 1. The number of benzene rings is 2. The maximum Gasteiger partial charge on any atom is 0.337 e. The number of ether oxygens (including phenoxy) is 1. The number of hydrogen-bond donors (Lipinski definition) is 1. The molecule has 3 aromatic rings. The zero-order chi connectivity index (χ0) is 24.3. The standard InChI is InChI=1S/C25H30N4O4S/c1-4-18-8-9-20(25(30)33-3)17-24(18)34(31,32)27-21-16-19(22-12-13-26-28(22)2)10-11-23(21)29-14-6-5-7-15-29/h8-13,16-17,27H,4-7,14-15H2,1-3H3. The first kappa shape index (κ1) is 23.8. The molecule has 1 saturated heterocycles. The van der Waals surface area contributed by atoms with E-state index in [1.54, 1.807) is 23.0 Å². The van der Waals surface area contributed by atoms with Crippen molar-refractivity contribution in [3.8, 4) is 11.3 Å². The Kier molecular flexibility index (Phi) is 6.92. The average molecular weight is 483 g/mol. The van der Waals surface area contributed by atoms with E-state index in [-0.39, 0.29) is 10.5 Å². The number of aryl methyl sites for hydroxylation is 2. The van der Waals surface area contributed by atoms with E-state index in [0.717, 1.165) is 42.9 Å². The van der Waals surface area contributed by atoms with Crippen molar-refractivity contribution in [2.24, 2.45) is 7.05 Å². The molecule has 1 aliphatic heterocycles. The van der Waals surface area contributed by atoms with Gasteiger partial charge in [0.25, 0.3) is 10.0 Å². The van der Waals surface area contributed by atoms with Crippen molar-refractivity contribution in [1.29, 1.82) is 0 Å². The fraction of sp³-hybridized carbons (Fsp3) is 0.360. The monoisotopic (exact) mass is 482 g/mol. The summed E-state index contributed by atoms with van der Waals surface area (Å²) in [5.74, 6) is -0.577. The lowest BCUT2D eigenvalue weighted by Crippen LogP contribution is -2.30. The van der Waals surface area contributed by atoms with Crippen molar-refractivity contribution in [1.82, 2.24) is 9.78 Å². The number of nitrogens with zero attached hydrogens (tertiary/aromatic N) is 3. The van der Waals surface area contributed by atoms with E-state index in [2.05, 4.69) is 14.7 Å². The zero-order valence-electron chi connectivity index (χ0n) is 19.7. The van der Waals surface area contributed by atoms with E-state index in [0.29, 0.717) is 17.7 Å². The Balaban J connectivity index is 1.80. The molecule has 0 amide bonds. The molecule has 1 aliphatic rings. The molecule has 1 N–H and O–H groups in total. The van der Waals surface area contributed by atoms with Crippen LogP contribution in [0.5, 0.6) is 0 Å². The van der Waals surface area contributed by atoms with Crippen molar-refractivity contribution in [2.45, 2.75) is 37.5 Å². The van der Waals surface area contributed by atoms with Crippen molar-refractivity contribution >= 4 is 27.4 Å². The smallest absolute Gasteiger partial charge is 0.337 e. The molecule has 0 bridgehead atoms. The van der Waals surface area contributed by atoms with Gasteiger partial charge in [0.05, 0.1) is 34.6 Å². The van der Waals surface area contributed by atoms with Crippen LogP contribution in [0.25, 0.3) is 11.3 Å². The summed E-state index contributed by atoms with van der Waals surface area (Å²) in [4.78, 5) is 14.4. The summed E-state index contributed by atoms with van der Waals surface area (Å²) in [6.45, 7) is 3.63.